The van der Waals surface area contributed by atoms with Crippen LogP contribution >= 0.6 is 24.0 Å². The molecule has 1 aromatic carbocycles. The van der Waals surface area contributed by atoms with Crippen LogP contribution in [0.15, 0.2) is 23.2 Å². The van der Waals surface area contributed by atoms with Gasteiger partial charge in [0, 0.05) is 24.3 Å². The first-order chi connectivity index (χ1) is 11.2. The lowest BCUT2D eigenvalue weighted by atomic mass is 9.84. The van der Waals surface area contributed by atoms with E-state index in [9.17, 15) is 5.11 Å². The maximum atomic E-state index is 9.27. The molecule has 1 aliphatic carbocycles. The van der Waals surface area contributed by atoms with Crippen LogP contribution in [-0.4, -0.2) is 37.4 Å². The van der Waals surface area contributed by atoms with Gasteiger partial charge in [-0.3, -0.25) is 4.99 Å². The number of aliphatic hydroxyl groups excluding tert-OH is 1. The molecule has 1 unspecified atom stereocenters. The smallest absolute Gasteiger partial charge is 0.193 e. The van der Waals surface area contributed by atoms with Gasteiger partial charge in [-0.2, -0.15) is 0 Å². The van der Waals surface area contributed by atoms with Crippen molar-refractivity contribution < 1.29 is 9.84 Å². The van der Waals surface area contributed by atoms with E-state index < -0.39 is 0 Å². The van der Waals surface area contributed by atoms with E-state index >= 15 is 0 Å². The number of fused-ring (bicyclic) bond motifs is 1. The number of ether oxygens (including phenoxy) is 1. The van der Waals surface area contributed by atoms with E-state index in [1.165, 1.54) is 24.0 Å². The van der Waals surface area contributed by atoms with Crippen molar-refractivity contribution in [3.05, 3.63) is 29.3 Å². The van der Waals surface area contributed by atoms with Crippen LogP contribution in [0.2, 0.25) is 0 Å². The average Bonchev–Trinajstić information content (AvgIpc) is 3.03. The molecule has 0 aromatic heterocycles. The molecule has 6 heteroatoms. The fraction of sp³-hybridized carbons (Fsp3) is 0.611. The molecule has 0 bridgehead atoms. The molecule has 2 aliphatic rings. The highest BCUT2D eigenvalue weighted by atomic mass is 127. The summed E-state index contributed by atoms with van der Waals surface area (Å²) in [5.41, 5.74) is 9.94. The molecule has 0 spiro atoms. The van der Waals surface area contributed by atoms with Gasteiger partial charge in [0.25, 0.3) is 0 Å². The molecule has 1 aromatic rings. The molecule has 1 fully saturated rings. The summed E-state index contributed by atoms with van der Waals surface area (Å²) in [6, 6.07) is 6.37. The number of halogens is 1. The topological polar surface area (TPSA) is 79.9 Å². The molecule has 1 aliphatic heterocycles. The van der Waals surface area contributed by atoms with Gasteiger partial charge < -0.3 is 20.9 Å². The molecular formula is C18H28IN3O2. The third-order valence-electron chi connectivity index (χ3n) is 5.07. The van der Waals surface area contributed by atoms with E-state index in [0.717, 1.165) is 31.6 Å². The number of hydrogen-bond acceptors (Lipinski definition) is 3. The van der Waals surface area contributed by atoms with Crippen molar-refractivity contribution in [2.75, 3.05) is 31.7 Å². The minimum Gasteiger partial charge on any atom is -0.396 e. The Hall–Kier alpha value is -0.860. The highest BCUT2D eigenvalue weighted by Crippen LogP contribution is 2.32. The highest BCUT2D eigenvalue weighted by molar-refractivity contribution is 14.0. The van der Waals surface area contributed by atoms with Crippen molar-refractivity contribution >= 4 is 35.6 Å². The lowest BCUT2D eigenvalue weighted by Gasteiger charge is -2.24. The van der Waals surface area contributed by atoms with E-state index in [2.05, 4.69) is 28.5 Å². The van der Waals surface area contributed by atoms with Gasteiger partial charge in [0.2, 0.25) is 0 Å². The van der Waals surface area contributed by atoms with E-state index in [0.29, 0.717) is 25.5 Å². The van der Waals surface area contributed by atoms with Crippen LogP contribution in [0.1, 0.15) is 36.8 Å². The maximum absolute atomic E-state index is 9.27. The lowest BCUT2D eigenvalue weighted by molar-refractivity contribution is 0.131. The second-order valence-electron chi connectivity index (χ2n) is 6.75. The van der Waals surface area contributed by atoms with Gasteiger partial charge in [-0.1, -0.05) is 12.1 Å². The highest BCUT2D eigenvalue weighted by Gasteiger charge is 2.34. The van der Waals surface area contributed by atoms with Crippen LogP contribution in [0, 0.1) is 5.41 Å². The van der Waals surface area contributed by atoms with Crippen LogP contribution < -0.4 is 11.1 Å². The van der Waals surface area contributed by atoms with Gasteiger partial charge in [-0.25, -0.2) is 0 Å². The Balaban J connectivity index is 0.00000208. The van der Waals surface area contributed by atoms with Crippen LogP contribution in [0.25, 0.3) is 0 Å². The maximum Gasteiger partial charge on any atom is 0.193 e. The number of nitrogens with one attached hydrogen (secondary N) is 1. The molecule has 4 N–H and O–H groups in total. The number of hydrogen-bond donors (Lipinski definition) is 3. The number of guanidine groups is 1. The summed E-state index contributed by atoms with van der Waals surface area (Å²) in [6.45, 7) is 2.17. The van der Waals surface area contributed by atoms with Crippen LogP contribution in [0.4, 0.5) is 5.69 Å². The van der Waals surface area contributed by atoms with Crippen molar-refractivity contribution in [1.29, 1.82) is 0 Å². The summed E-state index contributed by atoms with van der Waals surface area (Å²) in [7, 11) is 0. The molecule has 0 radical (unpaired) electrons. The van der Waals surface area contributed by atoms with Crippen molar-refractivity contribution in [2.24, 2.45) is 16.1 Å². The van der Waals surface area contributed by atoms with E-state index in [-0.39, 0.29) is 36.0 Å². The largest absolute Gasteiger partial charge is 0.396 e. The quantitative estimate of drug-likeness (QED) is 0.370. The Morgan fingerprint density at radius 2 is 2.17 bits per heavy atom. The number of aryl methyl sites for hydroxylation is 1. The minimum absolute atomic E-state index is 0. The van der Waals surface area contributed by atoms with E-state index in [4.69, 9.17) is 10.5 Å². The van der Waals surface area contributed by atoms with Gasteiger partial charge >= 0.3 is 0 Å². The van der Waals surface area contributed by atoms with Crippen LogP contribution in [0.5, 0.6) is 0 Å². The molecule has 24 heavy (non-hydrogen) atoms. The first kappa shape index (κ1) is 19.5. The lowest BCUT2D eigenvalue weighted by Crippen LogP contribution is -2.30. The van der Waals surface area contributed by atoms with Gasteiger partial charge in [0.05, 0.1) is 13.2 Å². The Bertz CT molecular complexity index is 571. The zero-order chi connectivity index (χ0) is 16.1. The van der Waals surface area contributed by atoms with E-state index in [1.54, 1.807) is 0 Å². The van der Waals surface area contributed by atoms with Crippen molar-refractivity contribution in [3.8, 4) is 0 Å². The molecule has 1 heterocycles. The summed E-state index contributed by atoms with van der Waals surface area (Å²) >= 11 is 0. The molecule has 134 valence electrons. The first-order valence-corrected chi connectivity index (χ1v) is 8.59. The molecule has 1 saturated heterocycles. The number of nitrogens with two attached hydrogens (primary N) is 1. The number of aliphatic imine (C=N–C) groups is 1. The number of anilines is 1. The third-order valence-corrected chi connectivity index (χ3v) is 5.07. The van der Waals surface area contributed by atoms with Crippen molar-refractivity contribution in [1.82, 2.24) is 0 Å². The predicted octanol–water partition coefficient (Wildman–Crippen LogP) is 2.70. The first-order valence-electron chi connectivity index (χ1n) is 8.59. The number of nitrogens with zero attached hydrogens (tertiary/aromatic N) is 1. The summed E-state index contributed by atoms with van der Waals surface area (Å²) in [5, 5.41) is 12.6. The summed E-state index contributed by atoms with van der Waals surface area (Å²) < 4.78 is 5.50. The fourth-order valence-corrected chi connectivity index (χ4v) is 3.62. The SMILES string of the molecule is I.NC(=NCC1(CCO)CCOC1)Nc1cccc2c1CCCC2. The molecule has 3 rings (SSSR count). The Kier molecular flexibility index (Phi) is 7.31. The minimum atomic E-state index is -0.0584. The molecule has 0 amide bonds. The Labute approximate surface area is 161 Å². The van der Waals surface area contributed by atoms with E-state index in [1.807, 2.05) is 0 Å². The van der Waals surface area contributed by atoms with Gasteiger partial charge in [-0.15, -0.1) is 24.0 Å². The van der Waals surface area contributed by atoms with Gasteiger partial charge in [0.15, 0.2) is 5.96 Å². The average molecular weight is 445 g/mol. The zero-order valence-electron chi connectivity index (χ0n) is 14.1. The van der Waals surface area contributed by atoms with Crippen molar-refractivity contribution in [2.45, 2.75) is 38.5 Å². The second kappa shape index (κ2) is 9.01. The van der Waals surface area contributed by atoms with Crippen molar-refractivity contribution in [3.63, 3.8) is 0 Å². The number of benzene rings is 1. The molecule has 1 atom stereocenters. The number of rotatable bonds is 5. The standard InChI is InChI=1S/C18H27N3O2.HI/c19-17(20-12-18(8-10-22)9-11-23-13-18)21-16-7-3-5-14-4-1-2-6-15(14)16;/h3,5,7,22H,1-2,4,6,8-13H2,(H3,19,20,21);1H. The molecular weight excluding hydrogens is 417 g/mol. The molecule has 0 saturated carbocycles. The fourth-order valence-electron chi connectivity index (χ4n) is 3.62. The summed E-state index contributed by atoms with van der Waals surface area (Å²) in [6.07, 6.45) is 6.41. The molecule has 5 nitrogen and oxygen atoms in total. The normalized spacial score (nSPS) is 23.5. The number of aliphatic hydroxyl groups is 1. The Morgan fingerprint density at radius 3 is 2.92 bits per heavy atom. The van der Waals surface area contributed by atoms with Gasteiger partial charge in [-0.05, 0) is 55.7 Å². The van der Waals surface area contributed by atoms with Crippen LogP contribution in [0.3, 0.4) is 0 Å². The monoisotopic (exact) mass is 445 g/mol. The van der Waals surface area contributed by atoms with Gasteiger partial charge in [0.1, 0.15) is 0 Å². The third kappa shape index (κ3) is 4.61. The summed E-state index contributed by atoms with van der Waals surface area (Å²) in [4.78, 5) is 4.53. The second-order valence-corrected chi connectivity index (χ2v) is 6.75. The summed E-state index contributed by atoms with van der Waals surface area (Å²) in [5.74, 6) is 0.452. The Morgan fingerprint density at radius 1 is 1.33 bits per heavy atom. The zero-order valence-corrected chi connectivity index (χ0v) is 16.4. The predicted molar refractivity (Wildman–Crippen MR) is 108 cm³/mol. The van der Waals surface area contributed by atoms with Crippen LogP contribution in [-0.2, 0) is 17.6 Å².